The highest BCUT2D eigenvalue weighted by molar-refractivity contribution is 5.89. The number of rotatable bonds is 4. The molecule has 0 bridgehead atoms. The Morgan fingerprint density at radius 1 is 1.50 bits per heavy atom. The second kappa shape index (κ2) is 4.62. The fraction of sp³-hybridized carbons (Fsp3) is 0.300. The predicted molar refractivity (Wildman–Crippen MR) is 53.7 cm³/mol. The molecule has 0 heterocycles. The molecule has 4 nitrogen and oxygen atoms in total. The summed E-state index contributed by atoms with van der Waals surface area (Å²) < 4.78 is 0. The first kappa shape index (κ1) is 10.5. The van der Waals surface area contributed by atoms with E-state index < -0.39 is 5.97 Å². The fourth-order valence-electron chi connectivity index (χ4n) is 1.21. The lowest BCUT2D eigenvalue weighted by Gasteiger charge is -2.06. The lowest BCUT2D eigenvalue weighted by Crippen LogP contribution is -2.06. The Labute approximate surface area is 82.2 Å². The van der Waals surface area contributed by atoms with Gasteiger partial charge in [-0.25, -0.2) is 4.79 Å². The number of benzene rings is 1. The third-order valence-electron chi connectivity index (χ3n) is 1.90. The zero-order valence-electron chi connectivity index (χ0n) is 7.95. The van der Waals surface area contributed by atoms with Crippen LogP contribution in [0.15, 0.2) is 18.2 Å². The van der Waals surface area contributed by atoms with Crippen molar-refractivity contribution in [2.45, 2.75) is 6.92 Å². The lowest BCUT2D eigenvalue weighted by atomic mass is 10.1. The minimum absolute atomic E-state index is 0.0553. The highest BCUT2D eigenvalue weighted by atomic mass is 16.4. The summed E-state index contributed by atoms with van der Waals surface area (Å²) in [6, 6.07) is 4.99. The van der Waals surface area contributed by atoms with E-state index in [0.29, 0.717) is 17.7 Å². The molecule has 0 aromatic heterocycles. The molecule has 1 rings (SSSR count). The number of hydrogen-bond acceptors (Lipinski definition) is 3. The van der Waals surface area contributed by atoms with Gasteiger partial charge in [-0.15, -0.1) is 0 Å². The quantitative estimate of drug-likeness (QED) is 0.672. The van der Waals surface area contributed by atoms with E-state index in [4.69, 9.17) is 10.2 Å². The summed E-state index contributed by atoms with van der Waals surface area (Å²) in [7, 11) is 0. The molecule has 0 saturated carbocycles. The molecule has 0 spiro atoms. The number of nitrogens with one attached hydrogen (secondary N) is 1. The topological polar surface area (TPSA) is 69.6 Å². The molecule has 1 aromatic rings. The number of aliphatic hydroxyl groups excluding tert-OH is 1. The van der Waals surface area contributed by atoms with E-state index in [9.17, 15) is 4.79 Å². The smallest absolute Gasteiger partial charge is 0.335 e. The number of aromatic carboxylic acids is 1. The van der Waals surface area contributed by atoms with Gasteiger partial charge in [0.2, 0.25) is 0 Å². The molecule has 0 aliphatic carbocycles. The van der Waals surface area contributed by atoms with Crippen molar-refractivity contribution in [2.75, 3.05) is 18.5 Å². The molecule has 0 radical (unpaired) electrons. The van der Waals surface area contributed by atoms with Crippen LogP contribution in [0.25, 0.3) is 0 Å². The van der Waals surface area contributed by atoms with Gasteiger partial charge in [-0.2, -0.15) is 0 Å². The van der Waals surface area contributed by atoms with Crippen molar-refractivity contribution in [1.29, 1.82) is 0 Å². The standard InChI is InChI=1S/C10H13NO3/c1-7-6-8(11-4-5-12)2-3-9(7)10(13)14/h2-3,6,11-12H,4-5H2,1H3,(H,13,14). The van der Waals surface area contributed by atoms with Gasteiger partial charge in [0.15, 0.2) is 0 Å². The molecule has 0 aliphatic rings. The van der Waals surface area contributed by atoms with Crippen LogP contribution in [0.4, 0.5) is 5.69 Å². The van der Waals surface area contributed by atoms with Crippen LogP contribution in [-0.4, -0.2) is 29.3 Å². The minimum Gasteiger partial charge on any atom is -0.478 e. The van der Waals surface area contributed by atoms with E-state index in [2.05, 4.69) is 5.32 Å². The van der Waals surface area contributed by atoms with Crippen LogP contribution in [0.5, 0.6) is 0 Å². The lowest BCUT2D eigenvalue weighted by molar-refractivity contribution is 0.0696. The first-order chi connectivity index (χ1) is 6.65. The summed E-state index contributed by atoms with van der Waals surface area (Å²) in [5, 5.41) is 20.3. The molecular weight excluding hydrogens is 182 g/mol. The first-order valence-electron chi connectivity index (χ1n) is 4.34. The summed E-state index contributed by atoms with van der Waals surface area (Å²) in [4.78, 5) is 10.7. The molecule has 14 heavy (non-hydrogen) atoms. The Kier molecular flexibility index (Phi) is 3.48. The van der Waals surface area contributed by atoms with E-state index in [-0.39, 0.29) is 6.61 Å². The van der Waals surface area contributed by atoms with Gasteiger partial charge in [-0.05, 0) is 30.7 Å². The number of carbonyl (C=O) groups is 1. The minimum atomic E-state index is -0.920. The maximum Gasteiger partial charge on any atom is 0.335 e. The van der Waals surface area contributed by atoms with Crippen molar-refractivity contribution in [3.8, 4) is 0 Å². The average molecular weight is 195 g/mol. The van der Waals surface area contributed by atoms with Gasteiger partial charge in [0.25, 0.3) is 0 Å². The van der Waals surface area contributed by atoms with Crippen molar-refractivity contribution >= 4 is 11.7 Å². The Bertz CT molecular complexity index is 336. The Hall–Kier alpha value is -1.55. The molecule has 4 heteroatoms. The van der Waals surface area contributed by atoms with Gasteiger partial charge >= 0.3 is 5.97 Å². The molecule has 0 unspecified atom stereocenters. The molecule has 0 aliphatic heterocycles. The molecular formula is C10H13NO3. The highest BCUT2D eigenvalue weighted by Gasteiger charge is 2.06. The first-order valence-corrected chi connectivity index (χ1v) is 4.34. The Morgan fingerprint density at radius 2 is 2.21 bits per heavy atom. The third-order valence-corrected chi connectivity index (χ3v) is 1.90. The van der Waals surface area contributed by atoms with Crippen LogP contribution in [0.3, 0.4) is 0 Å². The summed E-state index contributed by atoms with van der Waals surface area (Å²) in [5.74, 6) is -0.920. The molecule has 0 amide bonds. The van der Waals surface area contributed by atoms with Gasteiger partial charge in [0, 0.05) is 12.2 Å². The van der Waals surface area contributed by atoms with Gasteiger partial charge in [0.05, 0.1) is 12.2 Å². The fourth-order valence-corrected chi connectivity index (χ4v) is 1.21. The molecule has 76 valence electrons. The predicted octanol–water partition coefficient (Wildman–Crippen LogP) is 1.10. The summed E-state index contributed by atoms with van der Waals surface area (Å²) in [6.07, 6.45) is 0. The normalized spacial score (nSPS) is 9.86. The Balaban J connectivity index is 2.83. The van der Waals surface area contributed by atoms with Gasteiger partial charge in [0.1, 0.15) is 0 Å². The molecule has 3 N–H and O–H groups in total. The average Bonchev–Trinajstić information content (AvgIpc) is 2.14. The van der Waals surface area contributed by atoms with E-state index in [1.54, 1.807) is 25.1 Å². The largest absolute Gasteiger partial charge is 0.478 e. The third kappa shape index (κ3) is 2.47. The molecule has 0 saturated heterocycles. The van der Waals surface area contributed by atoms with E-state index >= 15 is 0 Å². The van der Waals surface area contributed by atoms with Crippen LogP contribution in [0.1, 0.15) is 15.9 Å². The maximum absolute atomic E-state index is 10.7. The molecule has 1 aromatic carbocycles. The summed E-state index contributed by atoms with van der Waals surface area (Å²) in [6.45, 7) is 2.26. The second-order valence-electron chi connectivity index (χ2n) is 2.99. The van der Waals surface area contributed by atoms with E-state index in [0.717, 1.165) is 5.69 Å². The van der Waals surface area contributed by atoms with Gasteiger partial charge in [-0.3, -0.25) is 0 Å². The van der Waals surface area contributed by atoms with Gasteiger partial charge in [-0.1, -0.05) is 0 Å². The van der Waals surface area contributed by atoms with Crippen LogP contribution < -0.4 is 5.32 Å². The van der Waals surface area contributed by atoms with Crippen molar-refractivity contribution in [3.63, 3.8) is 0 Å². The number of carboxylic acid groups (broad SMARTS) is 1. The van der Waals surface area contributed by atoms with Crippen LogP contribution in [0, 0.1) is 6.92 Å². The Morgan fingerprint density at radius 3 is 2.71 bits per heavy atom. The monoisotopic (exact) mass is 195 g/mol. The number of carboxylic acids is 1. The SMILES string of the molecule is Cc1cc(NCCO)ccc1C(=O)O. The van der Waals surface area contributed by atoms with Gasteiger partial charge < -0.3 is 15.5 Å². The summed E-state index contributed by atoms with van der Waals surface area (Å²) in [5.41, 5.74) is 1.83. The number of aliphatic hydroxyl groups is 1. The van der Waals surface area contributed by atoms with E-state index in [1.807, 2.05) is 0 Å². The number of anilines is 1. The maximum atomic E-state index is 10.7. The molecule has 0 atom stereocenters. The van der Waals surface area contributed by atoms with E-state index in [1.165, 1.54) is 0 Å². The van der Waals surface area contributed by atoms with Crippen molar-refractivity contribution in [2.24, 2.45) is 0 Å². The van der Waals surface area contributed by atoms with Crippen molar-refractivity contribution in [1.82, 2.24) is 0 Å². The molecule has 0 fully saturated rings. The van der Waals surface area contributed by atoms with Crippen molar-refractivity contribution < 1.29 is 15.0 Å². The number of aryl methyl sites for hydroxylation is 1. The van der Waals surface area contributed by atoms with Crippen LogP contribution in [-0.2, 0) is 0 Å². The van der Waals surface area contributed by atoms with Crippen LogP contribution in [0.2, 0.25) is 0 Å². The summed E-state index contributed by atoms with van der Waals surface area (Å²) >= 11 is 0. The van der Waals surface area contributed by atoms with Crippen molar-refractivity contribution in [3.05, 3.63) is 29.3 Å². The zero-order valence-corrected chi connectivity index (χ0v) is 7.95. The highest BCUT2D eigenvalue weighted by Crippen LogP contribution is 2.14. The van der Waals surface area contributed by atoms with Crippen LogP contribution >= 0.6 is 0 Å². The zero-order chi connectivity index (χ0) is 10.6. The second-order valence-corrected chi connectivity index (χ2v) is 2.99. The number of hydrogen-bond donors (Lipinski definition) is 3.